The van der Waals surface area contributed by atoms with Crippen molar-refractivity contribution < 1.29 is 78.7 Å². The van der Waals surface area contributed by atoms with Crippen molar-refractivity contribution in [3.05, 3.63) is 0 Å². The second-order valence-electron chi connectivity index (χ2n) is 9.32. The van der Waals surface area contributed by atoms with Gasteiger partial charge in [0.1, 0.15) is 42.7 Å². The van der Waals surface area contributed by atoms with Crippen molar-refractivity contribution in [2.45, 2.75) is 101 Å². The number of hydrogen-bond acceptors (Lipinski definition) is 16. The van der Waals surface area contributed by atoms with E-state index in [-0.39, 0.29) is 96.1 Å². The van der Waals surface area contributed by atoms with Crippen LogP contribution in [0.15, 0.2) is 0 Å². The quantitative estimate of drug-likeness (QED) is 0.0483. The van der Waals surface area contributed by atoms with Crippen LogP contribution < -0.4 is 0 Å². The highest BCUT2D eigenvalue weighted by molar-refractivity contribution is 4.62. The van der Waals surface area contributed by atoms with Gasteiger partial charge in [0.25, 0.3) is 0 Å². The van der Waals surface area contributed by atoms with Gasteiger partial charge < -0.3 is 78.7 Å². The zero-order chi connectivity index (χ0) is 32.7. The van der Waals surface area contributed by atoms with Crippen molar-refractivity contribution >= 4 is 0 Å². The summed E-state index contributed by atoms with van der Waals surface area (Å²) in [7, 11) is 0. The van der Waals surface area contributed by atoms with Crippen LogP contribution in [0.3, 0.4) is 0 Å². The summed E-state index contributed by atoms with van der Waals surface area (Å²) < 4.78 is 42.0. The van der Waals surface area contributed by atoms with Gasteiger partial charge in [-0.15, -0.1) is 0 Å². The first-order chi connectivity index (χ1) is 20.7. The molecule has 0 radical (unpaired) electrons. The maximum absolute atomic E-state index is 9.68. The molecule has 7 unspecified atom stereocenters. The number of aliphatic hydroxyl groups excluding tert-OH is 8. The minimum absolute atomic E-state index is 0. The van der Waals surface area contributed by atoms with Crippen LogP contribution in [0.5, 0.6) is 0 Å². The van der Waals surface area contributed by atoms with E-state index in [1.54, 1.807) is 0 Å². The Kier molecular flexibility index (Phi) is 60.4. The molecule has 48 heavy (non-hydrogen) atoms. The summed E-state index contributed by atoms with van der Waals surface area (Å²) in [6, 6.07) is 0. The van der Waals surface area contributed by atoms with Crippen molar-refractivity contribution in [3.8, 4) is 0 Å². The molecule has 0 aliphatic carbocycles. The van der Waals surface area contributed by atoms with Crippen LogP contribution >= 0.6 is 0 Å². The van der Waals surface area contributed by atoms with Gasteiger partial charge >= 0.3 is 0 Å². The standard InChI is InChI=1S/C15H32O11.C12H26O5.5CH4/c16-1-11(19)4-23-6-14(22)7-25-10-15(26-8-13(21)3-18)9-24-5-12(20)2-17;1-4-14-7-11(13)8-16-10-12(17-6-3)9-15-5-2;;;;;/h11-22H,1-10H2;11-13H,4-10H2,1-3H3;5*1H4. The summed E-state index contributed by atoms with van der Waals surface area (Å²) in [5.74, 6) is 0. The first kappa shape index (κ1) is 62.5. The predicted molar refractivity (Wildman–Crippen MR) is 186 cm³/mol. The highest BCUT2D eigenvalue weighted by atomic mass is 16.6. The van der Waals surface area contributed by atoms with E-state index in [1.165, 1.54) is 0 Å². The van der Waals surface area contributed by atoms with Crippen molar-refractivity contribution in [2.24, 2.45) is 0 Å². The molecule has 16 heteroatoms. The van der Waals surface area contributed by atoms with Gasteiger partial charge in [-0.25, -0.2) is 0 Å². The molecule has 0 aliphatic rings. The van der Waals surface area contributed by atoms with Gasteiger partial charge in [0.2, 0.25) is 0 Å². The molecule has 0 spiro atoms. The Bertz CT molecular complexity index is 552. The van der Waals surface area contributed by atoms with E-state index >= 15 is 0 Å². The zero-order valence-electron chi connectivity index (χ0n) is 25.9. The minimum Gasteiger partial charge on any atom is -0.394 e. The van der Waals surface area contributed by atoms with E-state index in [1.807, 2.05) is 20.8 Å². The fourth-order valence-electron chi connectivity index (χ4n) is 2.88. The Morgan fingerprint density at radius 1 is 0.333 bits per heavy atom. The summed E-state index contributed by atoms with van der Waals surface area (Å²) >= 11 is 0. The summed E-state index contributed by atoms with van der Waals surface area (Å²) in [4.78, 5) is 0. The number of ether oxygens (including phenoxy) is 8. The van der Waals surface area contributed by atoms with Crippen molar-refractivity contribution in [1.29, 1.82) is 0 Å². The summed E-state index contributed by atoms with van der Waals surface area (Å²) in [6.45, 7) is 7.28. The molecule has 7 atom stereocenters. The van der Waals surface area contributed by atoms with Crippen LogP contribution in [0.1, 0.15) is 57.9 Å². The van der Waals surface area contributed by atoms with E-state index in [4.69, 9.17) is 58.3 Å². The van der Waals surface area contributed by atoms with Gasteiger partial charge in [-0.3, -0.25) is 0 Å². The fourth-order valence-corrected chi connectivity index (χ4v) is 2.88. The Morgan fingerprint density at radius 3 is 0.958 bits per heavy atom. The van der Waals surface area contributed by atoms with Crippen LogP contribution in [0.25, 0.3) is 0 Å². The van der Waals surface area contributed by atoms with Gasteiger partial charge in [0, 0.05) is 19.8 Å². The highest BCUT2D eigenvalue weighted by Crippen LogP contribution is 2.01. The SMILES string of the molecule is C.C.C.C.C.CCOCC(O)COCC(COCC)OCC.OCC(O)COCC(O)COCC(COCC(O)CO)OCC(O)CO. The molecule has 8 N–H and O–H groups in total. The van der Waals surface area contributed by atoms with E-state index in [0.29, 0.717) is 39.6 Å². The van der Waals surface area contributed by atoms with Gasteiger partial charge in [-0.2, -0.15) is 0 Å². The van der Waals surface area contributed by atoms with Crippen LogP contribution in [-0.2, 0) is 37.9 Å². The van der Waals surface area contributed by atoms with Crippen molar-refractivity contribution in [1.82, 2.24) is 0 Å². The van der Waals surface area contributed by atoms with Gasteiger partial charge in [-0.1, -0.05) is 37.1 Å². The molecule has 0 aromatic carbocycles. The third-order valence-corrected chi connectivity index (χ3v) is 5.04. The lowest BCUT2D eigenvalue weighted by Gasteiger charge is -2.21. The summed E-state index contributed by atoms with van der Waals surface area (Å²) in [5, 5.41) is 72.9. The molecule has 16 nitrogen and oxygen atoms in total. The molecular weight excluding hydrogens is 640 g/mol. The van der Waals surface area contributed by atoms with Crippen LogP contribution in [0.4, 0.5) is 0 Å². The first-order valence-corrected chi connectivity index (χ1v) is 14.6. The second-order valence-corrected chi connectivity index (χ2v) is 9.32. The maximum atomic E-state index is 9.68. The third-order valence-electron chi connectivity index (χ3n) is 5.04. The maximum Gasteiger partial charge on any atom is 0.104 e. The molecule has 0 aromatic heterocycles. The Morgan fingerprint density at radius 2 is 0.604 bits per heavy atom. The largest absolute Gasteiger partial charge is 0.394 e. The van der Waals surface area contributed by atoms with E-state index < -0.39 is 56.4 Å². The van der Waals surface area contributed by atoms with Crippen molar-refractivity contribution in [2.75, 3.05) is 112 Å². The van der Waals surface area contributed by atoms with Crippen molar-refractivity contribution in [3.63, 3.8) is 0 Å². The molecule has 0 amide bonds. The van der Waals surface area contributed by atoms with Crippen LogP contribution in [0.2, 0.25) is 0 Å². The fraction of sp³-hybridized carbons (Fsp3) is 1.00. The van der Waals surface area contributed by atoms with Gasteiger partial charge in [0.15, 0.2) is 0 Å². The molecule has 0 saturated carbocycles. The Balaban J connectivity index is -0.000000136. The zero-order valence-corrected chi connectivity index (χ0v) is 25.9. The smallest absolute Gasteiger partial charge is 0.104 e. The second kappa shape index (κ2) is 46.4. The first-order valence-electron chi connectivity index (χ1n) is 14.6. The molecule has 0 bridgehead atoms. The minimum atomic E-state index is -1.06. The molecule has 0 heterocycles. The predicted octanol–water partition coefficient (Wildman–Crippen LogP) is -0.136. The normalized spacial score (nSPS) is 14.8. The average Bonchev–Trinajstić information content (AvgIpc) is 3.00. The van der Waals surface area contributed by atoms with Gasteiger partial charge in [-0.05, 0) is 20.8 Å². The van der Waals surface area contributed by atoms with E-state index in [0.717, 1.165) is 0 Å². The average molecular weight is 719 g/mol. The molecule has 0 fully saturated rings. The molecule has 0 aromatic rings. The van der Waals surface area contributed by atoms with Gasteiger partial charge in [0.05, 0.1) is 92.5 Å². The number of aliphatic hydroxyl groups is 8. The van der Waals surface area contributed by atoms with E-state index in [9.17, 15) is 20.4 Å². The highest BCUT2D eigenvalue weighted by Gasteiger charge is 2.16. The lowest BCUT2D eigenvalue weighted by atomic mass is 10.3. The molecule has 0 rings (SSSR count). The summed E-state index contributed by atoms with van der Waals surface area (Å²) in [5.41, 5.74) is 0. The molecule has 0 saturated heterocycles. The van der Waals surface area contributed by atoms with Crippen LogP contribution in [-0.4, -0.2) is 196 Å². The molecule has 302 valence electrons. The Hall–Kier alpha value is -0.640. The lowest BCUT2D eigenvalue weighted by Crippen LogP contribution is -2.34. The monoisotopic (exact) mass is 719 g/mol. The lowest BCUT2D eigenvalue weighted by molar-refractivity contribution is -0.108. The molecule has 0 aliphatic heterocycles. The Labute approximate surface area is 291 Å². The van der Waals surface area contributed by atoms with E-state index in [2.05, 4.69) is 0 Å². The molecular formula is C32H78O16. The van der Waals surface area contributed by atoms with Crippen LogP contribution in [0, 0.1) is 0 Å². The topological polar surface area (TPSA) is 236 Å². The number of hydrogen-bond donors (Lipinski definition) is 8. The third kappa shape index (κ3) is 43.4. The number of rotatable bonds is 30. The summed E-state index contributed by atoms with van der Waals surface area (Å²) in [6.07, 6.45) is -5.33.